The molecular weight excluding hydrogens is 245 g/mol. The van der Waals surface area contributed by atoms with E-state index in [0.29, 0.717) is 0 Å². The van der Waals surface area contributed by atoms with Crippen LogP contribution in [0.5, 0.6) is 0 Å². The van der Waals surface area contributed by atoms with Crippen molar-refractivity contribution >= 4 is 11.6 Å². The van der Waals surface area contributed by atoms with Gasteiger partial charge < -0.3 is 5.32 Å². The fourth-order valence-corrected chi connectivity index (χ4v) is 1.17. The van der Waals surface area contributed by atoms with Crippen molar-refractivity contribution in [3.63, 3.8) is 0 Å². The Kier molecular flexibility index (Phi) is 3.65. The third kappa shape index (κ3) is 3.00. The number of benzene rings is 1. The molecule has 1 amide bonds. The molecule has 0 atom stereocenters. The van der Waals surface area contributed by atoms with Gasteiger partial charge >= 0.3 is 6.18 Å². The van der Waals surface area contributed by atoms with Crippen molar-refractivity contribution in [3.05, 3.63) is 29.8 Å². The van der Waals surface area contributed by atoms with Crippen LogP contribution in [0.3, 0.4) is 0 Å². The Morgan fingerprint density at radius 3 is 2.33 bits per heavy atom. The third-order valence-electron chi connectivity index (χ3n) is 2.33. The molecule has 0 saturated carbocycles. The molecular formula is C12H11F3N2O. The second-order valence-electron chi connectivity index (χ2n) is 4.23. The lowest BCUT2D eigenvalue weighted by molar-refractivity contribution is -0.137. The van der Waals surface area contributed by atoms with Crippen LogP contribution in [0.15, 0.2) is 24.3 Å². The summed E-state index contributed by atoms with van der Waals surface area (Å²) in [6.07, 6.45) is -4.55. The maximum Gasteiger partial charge on any atom is 0.418 e. The first kappa shape index (κ1) is 14.0. The summed E-state index contributed by atoms with van der Waals surface area (Å²) in [6.45, 7) is 2.66. The lowest BCUT2D eigenvalue weighted by Gasteiger charge is -2.18. The van der Waals surface area contributed by atoms with E-state index in [0.717, 1.165) is 12.1 Å². The van der Waals surface area contributed by atoms with E-state index in [9.17, 15) is 18.0 Å². The number of hydrogen-bond acceptors (Lipinski definition) is 2. The Morgan fingerprint density at radius 2 is 1.83 bits per heavy atom. The van der Waals surface area contributed by atoms with E-state index in [-0.39, 0.29) is 5.69 Å². The molecule has 6 heteroatoms. The molecule has 0 aliphatic carbocycles. The van der Waals surface area contributed by atoms with E-state index in [4.69, 9.17) is 5.26 Å². The van der Waals surface area contributed by atoms with Gasteiger partial charge in [0, 0.05) is 0 Å². The second-order valence-corrected chi connectivity index (χ2v) is 4.23. The van der Waals surface area contributed by atoms with Crippen LogP contribution >= 0.6 is 0 Å². The zero-order valence-electron chi connectivity index (χ0n) is 9.80. The van der Waals surface area contributed by atoms with Gasteiger partial charge in [0.1, 0.15) is 5.41 Å². The number of carbonyl (C=O) groups is 1. The van der Waals surface area contributed by atoms with Gasteiger partial charge in [0.2, 0.25) is 5.91 Å². The van der Waals surface area contributed by atoms with Crippen molar-refractivity contribution in [1.29, 1.82) is 5.26 Å². The molecule has 0 aromatic heterocycles. The summed E-state index contributed by atoms with van der Waals surface area (Å²) >= 11 is 0. The zero-order valence-corrected chi connectivity index (χ0v) is 9.80. The van der Waals surface area contributed by atoms with Crippen LogP contribution in [-0.2, 0) is 11.0 Å². The Labute approximate surface area is 102 Å². The minimum absolute atomic E-state index is 0.349. The standard InChI is InChI=1S/C12H11F3N2O/c1-11(2,7-16)10(18)17-9-6-4-3-5-8(9)12(13,14)15/h3-6H,1-2H3,(H,17,18). The summed E-state index contributed by atoms with van der Waals surface area (Å²) in [7, 11) is 0. The number of nitrogens with one attached hydrogen (secondary N) is 1. The number of amides is 1. The predicted molar refractivity (Wildman–Crippen MR) is 59.5 cm³/mol. The predicted octanol–water partition coefficient (Wildman–Crippen LogP) is 3.19. The van der Waals surface area contributed by atoms with Crippen LogP contribution < -0.4 is 5.32 Å². The Morgan fingerprint density at radius 1 is 1.28 bits per heavy atom. The lowest BCUT2D eigenvalue weighted by Crippen LogP contribution is -2.30. The molecule has 1 aromatic carbocycles. The molecule has 0 saturated heterocycles. The number of anilines is 1. The Balaban J connectivity index is 3.08. The van der Waals surface area contributed by atoms with Crippen LogP contribution in [0.2, 0.25) is 0 Å². The van der Waals surface area contributed by atoms with E-state index in [1.54, 1.807) is 6.07 Å². The molecule has 0 radical (unpaired) electrons. The quantitative estimate of drug-likeness (QED) is 0.883. The van der Waals surface area contributed by atoms with Crippen LogP contribution in [-0.4, -0.2) is 5.91 Å². The number of nitrogens with zero attached hydrogens (tertiary/aromatic N) is 1. The molecule has 0 fully saturated rings. The maximum absolute atomic E-state index is 12.7. The number of halogens is 3. The number of alkyl halides is 3. The van der Waals surface area contributed by atoms with Crippen LogP contribution in [0.1, 0.15) is 19.4 Å². The number of hydrogen-bond donors (Lipinski definition) is 1. The summed E-state index contributed by atoms with van der Waals surface area (Å²) in [5.74, 6) is -0.776. The SMILES string of the molecule is CC(C)(C#N)C(=O)Nc1ccccc1C(F)(F)F. The average molecular weight is 256 g/mol. The summed E-state index contributed by atoms with van der Waals surface area (Å²) < 4.78 is 38.0. The monoisotopic (exact) mass is 256 g/mol. The van der Waals surface area contributed by atoms with Gasteiger partial charge in [-0.2, -0.15) is 18.4 Å². The smallest absolute Gasteiger partial charge is 0.324 e. The molecule has 3 nitrogen and oxygen atoms in total. The van der Waals surface area contributed by atoms with E-state index in [1.807, 2.05) is 0 Å². The Bertz CT molecular complexity index is 501. The van der Waals surface area contributed by atoms with Crippen molar-refractivity contribution in [3.8, 4) is 6.07 Å². The Hall–Kier alpha value is -2.03. The van der Waals surface area contributed by atoms with E-state index in [2.05, 4.69) is 5.32 Å². The minimum Gasteiger partial charge on any atom is -0.324 e. The van der Waals surface area contributed by atoms with Gasteiger partial charge in [-0.3, -0.25) is 4.79 Å². The normalized spacial score (nSPS) is 11.8. The van der Waals surface area contributed by atoms with E-state index >= 15 is 0 Å². The van der Waals surface area contributed by atoms with Gasteiger partial charge in [0.15, 0.2) is 0 Å². The van der Waals surface area contributed by atoms with Gasteiger partial charge in [-0.05, 0) is 26.0 Å². The molecule has 0 unspecified atom stereocenters. The lowest BCUT2D eigenvalue weighted by atomic mass is 9.94. The van der Waals surface area contributed by atoms with Crippen LogP contribution in [0, 0.1) is 16.7 Å². The largest absolute Gasteiger partial charge is 0.418 e. The van der Waals surface area contributed by atoms with Crippen LogP contribution in [0.4, 0.5) is 18.9 Å². The van der Waals surface area contributed by atoms with Gasteiger partial charge in [-0.15, -0.1) is 0 Å². The first-order valence-electron chi connectivity index (χ1n) is 5.07. The molecule has 1 N–H and O–H groups in total. The highest BCUT2D eigenvalue weighted by Crippen LogP contribution is 2.35. The second kappa shape index (κ2) is 4.69. The first-order valence-corrected chi connectivity index (χ1v) is 5.07. The first-order chi connectivity index (χ1) is 8.18. The highest BCUT2D eigenvalue weighted by molar-refractivity contribution is 5.97. The van der Waals surface area contributed by atoms with Gasteiger partial charge in [-0.1, -0.05) is 12.1 Å². The van der Waals surface area contributed by atoms with Crippen LogP contribution in [0.25, 0.3) is 0 Å². The summed E-state index contributed by atoms with van der Waals surface area (Å²) in [6, 6.07) is 6.35. The van der Waals surface area contributed by atoms with Crippen molar-refractivity contribution < 1.29 is 18.0 Å². The number of para-hydroxylation sites is 1. The average Bonchev–Trinajstić information content (AvgIpc) is 2.28. The minimum atomic E-state index is -4.55. The third-order valence-corrected chi connectivity index (χ3v) is 2.33. The highest BCUT2D eigenvalue weighted by atomic mass is 19.4. The molecule has 18 heavy (non-hydrogen) atoms. The van der Waals surface area contributed by atoms with Gasteiger partial charge in [0.25, 0.3) is 0 Å². The van der Waals surface area contributed by atoms with Crippen molar-refractivity contribution in [2.45, 2.75) is 20.0 Å². The van der Waals surface area contributed by atoms with Crippen molar-refractivity contribution in [1.82, 2.24) is 0 Å². The molecule has 96 valence electrons. The molecule has 1 aromatic rings. The van der Waals surface area contributed by atoms with Crippen molar-refractivity contribution in [2.75, 3.05) is 5.32 Å². The van der Waals surface area contributed by atoms with E-state index in [1.165, 1.54) is 26.0 Å². The summed E-state index contributed by atoms with van der Waals surface area (Å²) in [5, 5.41) is 10.9. The summed E-state index contributed by atoms with van der Waals surface area (Å²) in [5.41, 5.74) is -2.68. The number of carbonyl (C=O) groups excluding carboxylic acids is 1. The van der Waals surface area contributed by atoms with Gasteiger partial charge in [0.05, 0.1) is 17.3 Å². The maximum atomic E-state index is 12.7. The fourth-order valence-electron chi connectivity index (χ4n) is 1.17. The highest BCUT2D eigenvalue weighted by Gasteiger charge is 2.35. The number of nitriles is 1. The molecule has 0 bridgehead atoms. The van der Waals surface area contributed by atoms with Gasteiger partial charge in [-0.25, -0.2) is 0 Å². The summed E-state index contributed by atoms with van der Waals surface area (Å²) in [4.78, 5) is 11.6. The fraction of sp³-hybridized carbons (Fsp3) is 0.333. The topological polar surface area (TPSA) is 52.9 Å². The molecule has 0 aliphatic rings. The van der Waals surface area contributed by atoms with E-state index < -0.39 is 23.1 Å². The molecule has 1 rings (SSSR count). The molecule has 0 spiro atoms. The molecule has 0 aliphatic heterocycles. The number of rotatable bonds is 2. The molecule has 0 heterocycles. The zero-order chi connectivity index (χ0) is 14.0. The van der Waals surface area contributed by atoms with Crippen molar-refractivity contribution in [2.24, 2.45) is 5.41 Å².